The molecule has 0 aliphatic carbocycles. The molecule has 0 aliphatic heterocycles. The molecule has 4 nitrogen and oxygen atoms in total. The van der Waals surface area contributed by atoms with Crippen LogP contribution in [0.4, 0.5) is 8.78 Å². The molecule has 23 heavy (non-hydrogen) atoms. The van der Waals surface area contributed by atoms with Crippen molar-refractivity contribution < 1.29 is 23.4 Å². The second-order valence-corrected chi connectivity index (χ2v) is 5.12. The first-order valence-electron chi connectivity index (χ1n) is 6.72. The first-order chi connectivity index (χ1) is 11.0. The Morgan fingerprint density at radius 2 is 1.91 bits per heavy atom. The number of aliphatic hydroxyl groups is 1. The lowest BCUT2D eigenvalue weighted by Crippen LogP contribution is -2.28. The monoisotopic (exact) mass is 341 g/mol. The number of halogens is 3. The van der Waals surface area contributed by atoms with Crippen molar-refractivity contribution in [1.82, 2.24) is 5.32 Å². The summed E-state index contributed by atoms with van der Waals surface area (Å²) in [5, 5.41) is 13.0. The van der Waals surface area contributed by atoms with Crippen LogP contribution in [0, 0.1) is 0 Å². The van der Waals surface area contributed by atoms with Crippen molar-refractivity contribution in [2.45, 2.75) is 12.7 Å². The standard InChI is InChI=1S/C16H14ClF2NO3/c17-12-3-1-2-11(8-12)15(22)20-9-14(21)10-4-6-13(7-5-10)23-16(18)19/h1-8,14,16,21H,9H2,(H,20,22). The zero-order valence-electron chi connectivity index (χ0n) is 11.9. The van der Waals surface area contributed by atoms with Gasteiger partial charge in [0.05, 0.1) is 6.10 Å². The number of benzene rings is 2. The molecule has 0 heterocycles. The molecule has 2 rings (SSSR count). The number of hydrogen-bond acceptors (Lipinski definition) is 3. The molecule has 0 spiro atoms. The largest absolute Gasteiger partial charge is 0.435 e. The average Bonchev–Trinajstić information content (AvgIpc) is 2.52. The molecule has 0 aromatic heterocycles. The maximum Gasteiger partial charge on any atom is 0.387 e. The predicted molar refractivity (Wildman–Crippen MR) is 81.8 cm³/mol. The van der Waals surface area contributed by atoms with Crippen LogP contribution in [0.25, 0.3) is 0 Å². The quantitative estimate of drug-likeness (QED) is 0.846. The number of carbonyl (C=O) groups is 1. The van der Waals surface area contributed by atoms with Crippen LogP contribution in [-0.2, 0) is 0 Å². The first-order valence-corrected chi connectivity index (χ1v) is 7.10. The van der Waals surface area contributed by atoms with Gasteiger partial charge in [0, 0.05) is 17.1 Å². The van der Waals surface area contributed by atoms with Crippen molar-refractivity contribution in [2.75, 3.05) is 6.54 Å². The Hall–Kier alpha value is -2.18. The molecule has 0 aliphatic rings. The Kier molecular flexibility index (Phi) is 5.90. The van der Waals surface area contributed by atoms with Gasteiger partial charge in [0.1, 0.15) is 5.75 Å². The lowest BCUT2D eigenvalue weighted by atomic mass is 10.1. The van der Waals surface area contributed by atoms with Gasteiger partial charge in [-0.15, -0.1) is 0 Å². The molecule has 2 aromatic rings. The fraction of sp³-hybridized carbons (Fsp3) is 0.188. The second kappa shape index (κ2) is 7.89. The molecule has 0 radical (unpaired) electrons. The van der Waals surface area contributed by atoms with Gasteiger partial charge in [-0.2, -0.15) is 8.78 Å². The number of ether oxygens (including phenoxy) is 1. The highest BCUT2D eigenvalue weighted by molar-refractivity contribution is 6.30. The van der Waals surface area contributed by atoms with Gasteiger partial charge < -0.3 is 15.2 Å². The first kappa shape index (κ1) is 17.2. The zero-order chi connectivity index (χ0) is 16.8. The summed E-state index contributed by atoms with van der Waals surface area (Å²) in [5.74, 6) is -0.372. The number of hydrogen-bond donors (Lipinski definition) is 2. The molecule has 7 heteroatoms. The molecule has 0 saturated heterocycles. The van der Waals surface area contributed by atoms with Crippen molar-refractivity contribution in [3.05, 3.63) is 64.7 Å². The van der Waals surface area contributed by atoms with Gasteiger partial charge in [-0.25, -0.2) is 0 Å². The third kappa shape index (κ3) is 5.19. The van der Waals surface area contributed by atoms with Crippen molar-refractivity contribution in [2.24, 2.45) is 0 Å². The third-order valence-corrected chi connectivity index (χ3v) is 3.27. The highest BCUT2D eigenvalue weighted by Crippen LogP contribution is 2.19. The van der Waals surface area contributed by atoms with Crippen LogP contribution in [0.1, 0.15) is 22.0 Å². The Morgan fingerprint density at radius 3 is 2.52 bits per heavy atom. The minimum atomic E-state index is -2.90. The number of aliphatic hydroxyl groups excluding tert-OH is 1. The molecular formula is C16H14ClF2NO3. The van der Waals surface area contributed by atoms with E-state index in [0.717, 1.165) is 0 Å². The van der Waals surface area contributed by atoms with Gasteiger partial charge in [0.15, 0.2) is 0 Å². The number of carbonyl (C=O) groups excluding carboxylic acids is 1. The van der Waals surface area contributed by atoms with E-state index in [1.165, 1.54) is 30.3 Å². The number of amides is 1. The van der Waals surface area contributed by atoms with E-state index in [9.17, 15) is 18.7 Å². The fourth-order valence-electron chi connectivity index (χ4n) is 1.91. The summed E-state index contributed by atoms with van der Waals surface area (Å²) in [6.07, 6.45) is -0.973. The maximum absolute atomic E-state index is 12.1. The minimum absolute atomic E-state index is 0.00101. The van der Waals surface area contributed by atoms with Gasteiger partial charge in [-0.1, -0.05) is 29.8 Å². The molecule has 122 valence electrons. The van der Waals surface area contributed by atoms with Crippen LogP contribution < -0.4 is 10.1 Å². The lowest BCUT2D eigenvalue weighted by molar-refractivity contribution is -0.0498. The van der Waals surface area contributed by atoms with Gasteiger partial charge in [0.25, 0.3) is 5.91 Å². The van der Waals surface area contributed by atoms with Crippen LogP contribution >= 0.6 is 11.6 Å². The summed E-state index contributed by atoms with van der Waals surface area (Å²) >= 11 is 5.80. The van der Waals surface area contributed by atoms with E-state index in [-0.39, 0.29) is 18.2 Å². The summed E-state index contributed by atoms with van der Waals surface area (Å²) in [6.45, 7) is -2.93. The van der Waals surface area contributed by atoms with Gasteiger partial charge in [-0.05, 0) is 35.9 Å². The molecule has 1 unspecified atom stereocenters. The molecule has 0 saturated carbocycles. The van der Waals surface area contributed by atoms with Crippen LogP contribution in [0.3, 0.4) is 0 Å². The zero-order valence-corrected chi connectivity index (χ0v) is 12.6. The van der Waals surface area contributed by atoms with E-state index in [1.807, 2.05) is 0 Å². The topological polar surface area (TPSA) is 58.6 Å². The molecule has 0 bridgehead atoms. The second-order valence-electron chi connectivity index (χ2n) is 4.68. The Bertz CT molecular complexity index is 665. The molecule has 2 aromatic carbocycles. The third-order valence-electron chi connectivity index (χ3n) is 3.03. The van der Waals surface area contributed by atoms with Crippen LogP contribution in [0.5, 0.6) is 5.75 Å². The van der Waals surface area contributed by atoms with E-state index in [4.69, 9.17) is 11.6 Å². The summed E-state index contributed by atoms with van der Waals surface area (Å²) in [6, 6.07) is 12.0. The van der Waals surface area contributed by atoms with Crippen LogP contribution in [0.15, 0.2) is 48.5 Å². The Balaban J connectivity index is 1.91. The van der Waals surface area contributed by atoms with Crippen LogP contribution in [0.2, 0.25) is 5.02 Å². The van der Waals surface area contributed by atoms with E-state index in [1.54, 1.807) is 18.2 Å². The summed E-state index contributed by atoms with van der Waals surface area (Å²) < 4.78 is 28.3. The molecule has 0 fully saturated rings. The average molecular weight is 342 g/mol. The van der Waals surface area contributed by atoms with Crippen molar-refractivity contribution >= 4 is 17.5 Å². The number of rotatable bonds is 6. The summed E-state index contributed by atoms with van der Waals surface area (Å²) in [7, 11) is 0. The van der Waals surface area contributed by atoms with Gasteiger partial charge >= 0.3 is 6.61 Å². The molecular weight excluding hydrogens is 328 g/mol. The van der Waals surface area contributed by atoms with E-state index in [2.05, 4.69) is 10.1 Å². The van der Waals surface area contributed by atoms with E-state index >= 15 is 0 Å². The maximum atomic E-state index is 12.1. The number of nitrogens with one attached hydrogen (secondary N) is 1. The SMILES string of the molecule is O=C(NCC(O)c1ccc(OC(F)F)cc1)c1cccc(Cl)c1. The molecule has 1 amide bonds. The van der Waals surface area contributed by atoms with E-state index < -0.39 is 12.7 Å². The normalized spacial score (nSPS) is 12.0. The Morgan fingerprint density at radius 1 is 1.22 bits per heavy atom. The lowest BCUT2D eigenvalue weighted by Gasteiger charge is -2.13. The molecule has 1 atom stereocenters. The fourth-order valence-corrected chi connectivity index (χ4v) is 2.10. The molecule has 2 N–H and O–H groups in total. The van der Waals surface area contributed by atoms with Gasteiger partial charge in [0.2, 0.25) is 0 Å². The number of alkyl halides is 2. The minimum Gasteiger partial charge on any atom is -0.435 e. The smallest absolute Gasteiger partial charge is 0.387 e. The predicted octanol–water partition coefficient (Wildman–Crippen LogP) is 3.40. The Labute approximate surface area is 136 Å². The van der Waals surface area contributed by atoms with Crippen molar-refractivity contribution in [3.8, 4) is 5.75 Å². The van der Waals surface area contributed by atoms with Crippen LogP contribution in [-0.4, -0.2) is 24.2 Å². The highest BCUT2D eigenvalue weighted by Gasteiger charge is 2.12. The summed E-state index contributed by atoms with van der Waals surface area (Å²) in [4.78, 5) is 11.9. The summed E-state index contributed by atoms with van der Waals surface area (Å²) in [5.41, 5.74) is 0.850. The van der Waals surface area contributed by atoms with Crippen molar-refractivity contribution in [3.63, 3.8) is 0 Å². The van der Waals surface area contributed by atoms with Crippen molar-refractivity contribution in [1.29, 1.82) is 0 Å². The highest BCUT2D eigenvalue weighted by atomic mass is 35.5. The van der Waals surface area contributed by atoms with E-state index in [0.29, 0.717) is 16.1 Å². The van der Waals surface area contributed by atoms with Gasteiger partial charge in [-0.3, -0.25) is 4.79 Å².